The van der Waals surface area contributed by atoms with Crippen LogP contribution < -0.4 is 4.90 Å². The van der Waals surface area contributed by atoms with E-state index in [1.54, 1.807) is 15.1 Å². The number of aryl methyl sites for hydroxylation is 3. The van der Waals surface area contributed by atoms with Crippen LogP contribution in [0.4, 0.5) is 5.69 Å². The number of carboxylic acid groups (broad SMARTS) is 1. The lowest BCUT2D eigenvalue weighted by molar-refractivity contribution is -0.137. The monoisotopic (exact) mass is 535 g/mol. The number of carbonyl (C=O) groups is 1. The molecule has 2 heterocycles. The van der Waals surface area contributed by atoms with E-state index < -0.39 is 22.7 Å². The molecule has 0 fully saturated rings. The molecule has 3 aromatic carbocycles. The summed E-state index contributed by atoms with van der Waals surface area (Å²) in [5, 5.41) is 18.2. The predicted octanol–water partition coefficient (Wildman–Crippen LogP) is 5.17. The SMILES string of the molecule is Cc1ccc(C(CC(=O)O)c2ccc3c(nnn3C)c2C)cc1CN1CCN(C)c2ccccc2S1(O)O. The maximum absolute atomic E-state index is 12.0. The number of nitrogens with zero attached hydrogens (tertiary/aromatic N) is 5. The van der Waals surface area contributed by atoms with Crippen LogP contribution in [0.2, 0.25) is 0 Å². The van der Waals surface area contributed by atoms with Crippen molar-refractivity contribution in [1.82, 2.24) is 19.3 Å². The van der Waals surface area contributed by atoms with Crippen molar-refractivity contribution in [3.63, 3.8) is 0 Å². The number of rotatable bonds is 6. The number of likely N-dealkylation sites (N-methyl/N-ethyl adjacent to an activating group) is 1. The van der Waals surface area contributed by atoms with Gasteiger partial charge in [-0.15, -0.1) is 15.9 Å². The van der Waals surface area contributed by atoms with Crippen LogP contribution in [-0.4, -0.2) is 59.6 Å². The van der Waals surface area contributed by atoms with Gasteiger partial charge in [-0.05, 0) is 59.9 Å². The molecule has 0 radical (unpaired) electrons. The Bertz CT molecular complexity index is 1520. The van der Waals surface area contributed by atoms with E-state index in [1.165, 1.54) is 0 Å². The summed E-state index contributed by atoms with van der Waals surface area (Å²) in [5.41, 5.74) is 7.06. The van der Waals surface area contributed by atoms with Gasteiger partial charge in [0, 0.05) is 39.6 Å². The fourth-order valence-electron chi connectivity index (χ4n) is 5.30. The van der Waals surface area contributed by atoms with Crippen LogP contribution in [0.3, 0.4) is 0 Å². The van der Waals surface area contributed by atoms with Gasteiger partial charge in [0.05, 0.1) is 22.5 Å². The van der Waals surface area contributed by atoms with E-state index in [-0.39, 0.29) is 6.42 Å². The van der Waals surface area contributed by atoms with Gasteiger partial charge in [-0.2, -0.15) is 4.31 Å². The Morgan fingerprint density at radius 3 is 2.58 bits per heavy atom. The van der Waals surface area contributed by atoms with Gasteiger partial charge in [0.25, 0.3) is 0 Å². The Hall–Kier alpha value is -3.44. The fourth-order valence-corrected chi connectivity index (χ4v) is 7.00. The van der Waals surface area contributed by atoms with E-state index in [0.29, 0.717) is 24.5 Å². The third-order valence-electron chi connectivity index (χ3n) is 7.57. The molecule has 0 bridgehead atoms. The molecule has 1 unspecified atom stereocenters. The molecule has 10 heteroatoms. The largest absolute Gasteiger partial charge is 0.481 e. The third-order valence-corrected chi connectivity index (χ3v) is 9.54. The Balaban J connectivity index is 1.54. The number of aromatic nitrogens is 3. The average Bonchev–Trinajstić information content (AvgIpc) is 3.23. The molecule has 0 saturated heterocycles. The normalized spacial score (nSPS) is 17.2. The number of para-hydroxylation sites is 1. The highest BCUT2D eigenvalue weighted by Crippen LogP contribution is 2.56. The van der Waals surface area contributed by atoms with Crippen LogP contribution in [0.15, 0.2) is 59.5 Å². The number of hydrogen-bond acceptors (Lipinski definition) is 7. The van der Waals surface area contributed by atoms with Crippen molar-refractivity contribution in [1.29, 1.82) is 0 Å². The number of anilines is 1. The van der Waals surface area contributed by atoms with Crippen LogP contribution in [0.1, 0.15) is 40.2 Å². The molecule has 4 aromatic rings. The van der Waals surface area contributed by atoms with Crippen LogP contribution in [0.25, 0.3) is 11.0 Å². The Morgan fingerprint density at radius 2 is 1.82 bits per heavy atom. The molecule has 0 amide bonds. The first-order valence-corrected chi connectivity index (χ1v) is 14.0. The van der Waals surface area contributed by atoms with E-state index in [9.17, 15) is 19.0 Å². The lowest BCUT2D eigenvalue weighted by Crippen LogP contribution is -2.31. The Labute approximate surface area is 223 Å². The smallest absolute Gasteiger partial charge is 0.304 e. The number of hydrogen-bond donors (Lipinski definition) is 3. The van der Waals surface area contributed by atoms with Crippen LogP contribution >= 0.6 is 10.8 Å². The summed E-state index contributed by atoms with van der Waals surface area (Å²) in [5.74, 6) is -1.29. The van der Waals surface area contributed by atoms with Crippen molar-refractivity contribution in [3.05, 3.63) is 82.4 Å². The summed E-state index contributed by atoms with van der Waals surface area (Å²) in [6.45, 7) is 5.39. The molecule has 1 atom stereocenters. The molecule has 0 spiro atoms. The van der Waals surface area contributed by atoms with Gasteiger partial charge >= 0.3 is 5.97 Å². The second-order valence-corrected chi connectivity index (χ2v) is 12.0. The highest BCUT2D eigenvalue weighted by Gasteiger charge is 2.32. The zero-order valence-corrected chi connectivity index (χ0v) is 22.8. The molecular formula is C28H33N5O4S. The molecule has 200 valence electrons. The Morgan fingerprint density at radius 1 is 1.05 bits per heavy atom. The highest BCUT2D eigenvalue weighted by molar-refractivity contribution is 8.22. The van der Waals surface area contributed by atoms with E-state index >= 15 is 0 Å². The molecule has 38 heavy (non-hydrogen) atoms. The zero-order valence-electron chi connectivity index (χ0n) is 22.0. The van der Waals surface area contributed by atoms with Gasteiger partial charge in [-0.3, -0.25) is 13.9 Å². The van der Waals surface area contributed by atoms with Crippen LogP contribution in [0.5, 0.6) is 0 Å². The van der Waals surface area contributed by atoms with Crippen molar-refractivity contribution in [3.8, 4) is 0 Å². The second-order valence-electron chi connectivity index (χ2n) is 9.97. The third kappa shape index (κ3) is 4.64. The minimum absolute atomic E-state index is 0.0772. The molecule has 1 aromatic heterocycles. The standard InChI is InChI=1S/C28H33N5O4S/c1-18-9-10-20(23(16-27(34)35)22-11-12-25-28(19(22)2)29-30-32(25)4)15-21(18)17-33-14-13-31(3)24-7-5-6-8-26(24)38(33,36)37/h5-12,15,23,36-37H,13-14,16-17H2,1-4H3,(H,34,35). The molecule has 0 saturated carbocycles. The second kappa shape index (κ2) is 10.0. The first-order valence-electron chi connectivity index (χ1n) is 12.5. The van der Waals surface area contributed by atoms with E-state index in [1.807, 2.05) is 81.4 Å². The molecule has 5 rings (SSSR count). The van der Waals surface area contributed by atoms with Gasteiger partial charge in [-0.25, -0.2) is 4.68 Å². The van der Waals surface area contributed by atoms with Crippen LogP contribution in [0, 0.1) is 13.8 Å². The number of aliphatic carboxylic acids is 1. The summed E-state index contributed by atoms with van der Waals surface area (Å²) >= 11 is 0. The molecule has 9 nitrogen and oxygen atoms in total. The molecule has 0 aliphatic carbocycles. The minimum atomic E-state index is -3.22. The summed E-state index contributed by atoms with van der Waals surface area (Å²) < 4.78 is 26.2. The Kier molecular flexibility index (Phi) is 6.91. The first kappa shape index (κ1) is 26.2. The van der Waals surface area contributed by atoms with E-state index in [4.69, 9.17) is 0 Å². The zero-order chi connectivity index (χ0) is 27.2. The quantitative estimate of drug-likeness (QED) is 0.310. The topological polar surface area (TPSA) is 115 Å². The minimum Gasteiger partial charge on any atom is -0.481 e. The van der Waals surface area contributed by atoms with E-state index in [2.05, 4.69) is 10.3 Å². The number of benzene rings is 3. The van der Waals surface area contributed by atoms with Crippen molar-refractivity contribution >= 4 is 33.5 Å². The number of fused-ring (bicyclic) bond motifs is 2. The molecule has 1 aliphatic rings. The maximum Gasteiger partial charge on any atom is 0.304 e. The lowest BCUT2D eigenvalue weighted by Gasteiger charge is -2.42. The summed E-state index contributed by atoms with van der Waals surface area (Å²) in [4.78, 5) is 14.5. The fraction of sp³-hybridized carbons (Fsp3) is 0.321. The van der Waals surface area contributed by atoms with Crippen molar-refractivity contribution in [2.24, 2.45) is 7.05 Å². The van der Waals surface area contributed by atoms with Crippen molar-refractivity contribution in [2.75, 3.05) is 25.0 Å². The summed E-state index contributed by atoms with van der Waals surface area (Å²) in [6, 6.07) is 17.3. The first-order chi connectivity index (χ1) is 18.1. The molecule has 1 aliphatic heterocycles. The molecule has 3 N–H and O–H groups in total. The van der Waals surface area contributed by atoms with Gasteiger partial charge in [0.2, 0.25) is 0 Å². The van der Waals surface area contributed by atoms with Gasteiger partial charge in [0.1, 0.15) is 5.52 Å². The number of carboxylic acids is 1. The summed E-state index contributed by atoms with van der Waals surface area (Å²) in [7, 11) is 0.567. The lowest BCUT2D eigenvalue weighted by atomic mass is 9.84. The van der Waals surface area contributed by atoms with Crippen LogP contribution in [-0.2, 0) is 18.4 Å². The van der Waals surface area contributed by atoms with Gasteiger partial charge in [0.15, 0.2) is 0 Å². The van der Waals surface area contributed by atoms with Crippen molar-refractivity contribution in [2.45, 2.75) is 37.6 Å². The average molecular weight is 536 g/mol. The van der Waals surface area contributed by atoms with Gasteiger partial charge < -0.3 is 10.0 Å². The molecular weight excluding hydrogens is 502 g/mol. The van der Waals surface area contributed by atoms with Gasteiger partial charge in [-0.1, -0.05) is 41.6 Å². The predicted molar refractivity (Wildman–Crippen MR) is 150 cm³/mol. The maximum atomic E-state index is 12.0. The van der Waals surface area contributed by atoms with E-state index in [0.717, 1.165) is 44.5 Å². The van der Waals surface area contributed by atoms with Crippen molar-refractivity contribution < 1.29 is 19.0 Å². The highest BCUT2D eigenvalue weighted by atomic mass is 32.3. The summed E-state index contributed by atoms with van der Waals surface area (Å²) in [6.07, 6.45) is -0.0772.